The molecular formula is C25H26N4O4. The van der Waals surface area contributed by atoms with E-state index in [1.165, 1.54) is 0 Å². The zero-order valence-corrected chi connectivity index (χ0v) is 18.6. The number of hydrogen-bond acceptors (Lipinski definition) is 4. The molecule has 0 bridgehead atoms. The number of amides is 3. The second-order valence-corrected chi connectivity index (χ2v) is 7.94. The van der Waals surface area contributed by atoms with Gasteiger partial charge in [0.2, 0.25) is 0 Å². The molecule has 4 N–H and O–H groups in total. The lowest BCUT2D eigenvalue weighted by Crippen LogP contribution is -2.44. The lowest BCUT2D eigenvalue weighted by atomic mass is 10.0. The highest BCUT2D eigenvalue weighted by Crippen LogP contribution is 2.20. The molecule has 3 amide bonds. The number of nitrogens with one attached hydrogen (secondary N) is 3. The number of rotatable bonds is 7. The summed E-state index contributed by atoms with van der Waals surface area (Å²) in [6.45, 7) is 5.38. The van der Waals surface area contributed by atoms with E-state index in [2.05, 4.69) is 20.9 Å². The van der Waals surface area contributed by atoms with Gasteiger partial charge in [-0.2, -0.15) is 0 Å². The molecule has 0 saturated carbocycles. The van der Waals surface area contributed by atoms with Gasteiger partial charge in [-0.1, -0.05) is 44.2 Å². The van der Waals surface area contributed by atoms with Gasteiger partial charge in [-0.25, -0.2) is 9.59 Å². The average Bonchev–Trinajstić information content (AvgIpc) is 2.79. The first kappa shape index (κ1) is 23.5. The number of carbonyl (C=O) groups is 3. The van der Waals surface area contributed by atoms with Crippen LogP contribution in [0, 0.1) is 12.8 Å². The molecule has 0 spiro atoms. The van der Waals surface area contributed by atoms with Crippen molar-refractivity contribution >= 4 is 29.3 Å². The fraction of sp³-hybridized carbons (Fsp3) is 0.200. The Morgan fingerprint density at radius 3 is 2.18 bits per heavy atom. The van der Waals surface area contributed by atoms with Crippen molar-refractivity contribution in [2.45, 2.75) is 26.8 Å². The van der Waals surface area contributed by atoms with Crippen LogP contribution in [0.5, 0.6) is 0 Å². The van der Waals surface area contributed by atoms with E-state index in [1.54, 1.807) is 56.4 Å². The molecule has 0 radical (unpaired) electrons. The predicted octanol–water partition coefficient (Wildman–Crippen LogP) is 4.54. The number of nitrogens with zero attached hydrogens (tertiary/aromatic N) is 1. The van der Waals surface area contributed by atoms with Crippen LogP contribution in [0.2, 0.25) is 0 Å². The Morgan fingerprint density at radius 2 is 1.61 bits per heavy atom. The summed E-state index contributed by atoms with van der Waals surface area (Å²) >= 11 is 0. The monoisotopic (exact) mass is 446 g/mol. The highest BCUT2D eigenvalue weighted by molar-refractivity contribution is 6.00. The molecule has 0 aliphatic carbocycles. The number of carboxylic acid groups (broad SMARTS) is 1. The van der Waals surface area contributed by atoms with Gasteiger partial charge in [0, 0.05) is 16.8 Å². The van der Waals surface area contributed by atoms with Crippen LogP contribution in [-0.4, -0.2) is 34.0 Å². The maximum atomic E-state index is 12.4. The largest absolute Gasteiger partial charge is 0.480 e. The van der Waals surface area contributed by atoms with Crippen molar-refractivity contribution in [3.8, 4) is 11.3 Å². The van der Waals surface area contributed by atoms with E-state index < -0.39 is 17.9 Å². The Labute approximate surface area is 192 Å². The van der Waals surface area contributed by atoms with Crippen LogP contribution in [0.4, 0.5) is 16.2 Å². The zero-order chi connectivity index (χ0) is 24.0. The van der Waals surface area contributed by atoms with E-state index >= 15 is 0 Å². The topological polar surface area (TPSA) is 120 Å². The van der Waals surface area contributed by atoms with Crippen molar-refractivity contribution in [1.82, 2.24) is 10.3 Å². The predicted molar refractivity (Wildman–Crippen MR) is 127 cm³/mol. The number of anilines is 2. The molecule has 8 heteroatoms. The van der Waals surface area contributed by atoms with E-state index in [0.29, 0.717) is 16.9 Å². The molecule has 0 saturated heterocycles. The molecule has 170 valence electrons. The number of aliphatic carboxylic acids is 1. The number of carboxylic acids is 1. The lowest BCUT2D eigenvalue weighted by Gasteiger charge is -2.17. The number of aromatic nitrogens is 1. The van der Waals surface area contributed by atoms with E-state index in [1.807, 2.05) is 31.2 Å². The van der Waals surface area contributed by atoms with Crippen molar-refractivity contribution in [1.29, 1.82) is 0 Å². The van der Waals surface area contributed by atoms with E-state index in [-0.39, 0.29) is 11.9 Å². The molecule has 1 heterocycles. The molecule has 0 fully saturated rings. The number of hydrogen-bond donors (Lipinski definition) is 4. The Morgan fingerprint density at radius 1 is 0.909 bits per heavy atom. The van der Waals surface area contributed by atoms with Gasteiger partial charge in [0.05, 0.1) is 17.6 Å². The van der Waals surface area contributed by atoms with E-state index in [4.69, 9.17) is 0 Å². The van der Waals surface area contributed by atoms with Gasteiger partial charge in [-0.05, 0) is 48.7 Å². The van der Waals surface area contributed by atoms with Crippen LogP contribution in [0.1, 0.15) is 29.8 Å². The summed E-state index contributed by atoms with van der Waals surface area (Å²) in [5, 5.41) is 17.3. The molecule has 0 unspecified atom stereocenters. The van der Waals surface area contributed by atoms with Crippen LogP contribution in [0.25, 0.3) is 11.3 Å². The molecule has 0 aliphatic heterocycles. The molecule has 33 heavy (non-hydrogen) atoms. The highest BCUT2D eigenvalue weighted by Gasteiger charge is 2.23. The first-order chi connectivity index (χ1) is 15.7. The summed E-state index contributed by atoms with van der Waals surface area (Å²) in [6, 6.07) is 16.4. The first-order valence-electron chi connectivity index (χ1n) is 10.5. The molecule has 1 atom stereocenters. The number of pyridine rings is 1. The van der Waals surface area contributed by atoms with Crippen molar-refractivity contribution in [3.63, 3.8) is 0 Å². The molecular weight excluding hydrogens is 420 g/mol. The second kappa shape index (κ2) is 10.4. The quantitative estimate of drug-likeness (QED) is 0.425. The van der Waals surface area contributed by atoms with Gasteiger partial charge in [-0.3, -0.25) is 9.78 Å². The van der Waals surface area contributed by atoms with Crippen LogP contribution in [0.15, 0.2) is 66.9 Å². The van der Waals surface area contributed by atoms with Crippen LogP contribution >= 0.6 is 0 Å². The number of aryl methyl sites for hydroxylation is 1. The second-order valence-electron chi connectivity index (χ2n) is 7.94. The van der Waals surface area contributed by atoms with E-state index in [0.717, 1.165) is 16.8 Å². The van der Waals surface area contributed by atoms with Gasteiger partial charge < -0.3 is 21.1 Å². The summed E-state index contributed by atoms with van der Waals surface area (Å²) in [5.41, 5.74) is 4.03. The fourth-order valence-electron chi connectivity index (χ4n) is 3.17. The van der Waals surface area contributed by atoms with Gasteiger partial charge in [-0.15, -0.1) is 0 Å². The van der Waals surface area contributed by atoms with Gasteiger partial charge >= 0.3 is 12.0 Å². The minimum atomic E-state index is -1.07. The van der Waals surface area contributed by atoms with Crippen LogP contribution < -0.4 is 16.0 Å². The minimum Gasteiger partial charge on any atom is -0.480 e. The average molecular weight is 447 g/mol. The van der Waals surface area contributed by atoms with Gasteiger partial charge in [0.15, 0.2) is 0 Å². The third kappa shape index (κ3) is 6.16. The molecule has 8 nitrogen and oxygen atoms in total. The summed E-state index contributed by atoms with van der Waals surface area (Å²) in [7, 11) is 0. The summed E-state index contributed by atoms with van der Waals surface area (Å²) in [5.74, 6) is -1.75. The van der Waals surface area contributed by atoms with Crippen LogP contribution in [-0.2, 0) is 4.79 Å². The lowest BCUT2D eigenvalue weighted by molar-refractivity contribution is -0.140. The van der Waals surface area contributed by atoms with E-state index in [9.17, 15) is 19.5 Å². The Hall–Kier alpha value is -4.20. The fourth-order valence-corrected chi connectivity index (χ4v) is 3.17. The Bertz CT molecular complexity index is 1140. The molecule has 1 aromatic heterocycles. The third-order valence-electron chi connectivity index (χ3n) is 5.08. The third-order valence-corrected chi connectivity index (χ3v) is 5.08. The normalized spacial score (nSPS) is 11.5. The number of para-hydroxylation sites is 1. The standard InChI is InChI=1S/C25H26N4O4/c1-15(2)22(24(31)32)29-23(30)18-10-8-17(9-11-18)21-13-12-19(14-26-21)27-25(33)28-20-7-5-4-6-16(20)3/h4-15,22H,1-3H3,(H,29,30)(H,31,32)(H2,27,28,33)/t22-/m0/s1. The molecule has 3 rings (SSSR count). The Kier molecular flexibility index (Phi) is 7.40. The first-order valence-corrected chi connectivity index (χ1v) is 10.5. The molecule has 2 aromatic carbocycles. The summed E-state index contributed by atoms with van der Waals surface area (Å²) in [6.07, 6.45) is 1.55. The summed E-state index contributed by atoms with van der Waals surface area (Å²) in [4.78, 5) is 40.3. The smallest absolute Gasteiger partial charge is 0.326 e. The minimum absolute atomic E-state index is 0.235. The SMILES string of the molecule is Cc1ccccc1NC(=O)Nc1ccc(-c2ccc(C(=O)N[C@H](C(=O)O)C(C)C)cc2)nc1. The summed E-state index contributed by atoms with van der Waals surface area (Å²) < 4.78 is 0. The highest BCUT2D eigenvalue weighted by atomic mass is 16.4. The van der Waals surface area contributed by atoms with Crippen molar-refractivity contribution in [2.24, 2.45) is 5.92 Å². The van der Waals surface area contributed by atoms with Gasteiger partial charge in [0.1, 0.15) is 6.04 Å². The number of benzene rings is 2. The molecule has 3 aromatic rings. The van der Waals surface area contributed by atoms with Gasteiger partial charge in [0.25, 0.3) is 5.91 Å². The number of carbonyl (C=O) groups excluding carboxylic acids is 2. The molecule has 0 aliphatic rings. The Balaban J connectivity index is 1.62. The van der Waals surface area contributed by atoms with Crippen LogP contribution in [0.3, 0.4) is 0 Å². The zero-order valence-electron chi connectivity index (χ0n) is 18.6. The maximum absolute atomic E-state index is 12.4. The number of urea groups is 1. The van der Waals surface area contributed by atoms with Crippen molar-refractivity contribution in [2.75, 3.05) is 10.6 Å². The van der Waals surface area contributed by atoms with Crippen molar-refractivity contribution < 1.29 is 19.5 Å². The van der Waals surface area contributed by atoms with Crippen molar-refractivity contribution in [3.05, 3.63) is 78.0 Å². The maximum Gasteiger partial charge on any atom is 0.326 e.